The van der Waals surface area contributed by atoms with Crippen molar-refractivity contribution >= 4 is 35.1 Å². The van der Waals surface area contributed by atoms with Gasteiger partial charge in [-0.15, -0.1) is 0 Å². The molecule has 6 rings (SSSR count). The van der Waals surface area contributed by atoms with Gasteiger partial charge in [-0.2, -0.15) is 0 Å². The minimum absolute atomic E-state index is 0.118. The number of halogens is 1. The van der Waals surface area contributed by atoms with Gasteiger partial charge in [-0.1, -0.05) is 6.07 Å². The molecule has 3 aromatic carbocycles. The van der Waals surface area contributed by atoms with Gasteiger partial charge in [0, 0.05) is 24.2 Å². The molecule has 3 aromatic rings. The van der Waals surface area contributed by atoms with E-state index in [1.165, 1.54) is 61.5 Å². The summed E-state index contributed by atoms with van der Waals surface area (Å²) in [6.45, 7) is 1.25. The molecule has 3 amide bonds. The Hall–Kier alpha value is -4.77. The minimum atomic E-state index is -1.72. The number of fused-ring (bicyclic) bond motifs is 4. The fourth-order valence-electron chi connectivity index (χ4n) is 5.98. The zero-order chi connectivity index (χ0) is 27.6. The second-order valence-corrected chi connectivity index (χ2v) is 9.83. The minimum Gasteiger partial charge on any atom is -0.504 e. The molecule has 3 aliphatic rings. The maximum atomic E-state index is 14.4. The van der Waals surface area contributed by atoms with Gasteiger partial charge in [0.25, 0.3) is 0 Å². The molecule has 0 aliphatic carbocycles. The molecule has 0 aromatic heterocycles. The number of nitrogens with one attached hydrogen (secondary N) is 2. The Morgan fingerprint density at radius 2 is 1.74 bits per heavy atom. The number of anilines is 2. The Labute approximate surface area is 221 Å². The molecule has 10 nitrogen and oxygen atoms in total. The fourth-order valence-corrected chi connectivity index (χ4v) is 5.98. The summed E-state index contributed by atoms with van der Waals surface area (Å²) in [6.07, 6.45) is 0.118. The lowest BCUT2D eigenvalue weighted by atomic mass is 9.76. The summed E-state index contributed by atoms with van der Waals surface area (Å²) in [6, 6.07) is 13.0. The summed E-state index contributed by atoms with van der Waals surface area (Å²) in [5.41, 5.74) is -0.387. The summed E-state index contributed by atoms with van der Waals surface area (Å²) in [4.78, 5) is 53.7. The number of benzene rings is 3. The zero-order valence-corrected chi connectivity index (χ0v) is 20.5. The molecule has 0 bridgehead atoms. The van der Waals surface area contributed by atoms with Gasteiger partial charge >= 0.3 is 5.97 Å². The van der Waals surface area contributed by atoms with E-state index in [1.807, 2.05) is 0 Å². The van der Waals surface area contributed by atoms with Gasteiger partial charge in [0.2, 0.25) is 17.7 Å². The number of nitrogens with zero attached hydrogens (tertiary/aromatic N) is 1. The predicted octanol–water partition coefficient (Wildman–Crippen LogP) is 2.33. The van der Waals surface area contributed by atoms with Crippen LogP contribution in [-0.4, -0.2) is 39.9 Å². The van der Waals surface area contributed by atoms with E-state index in [1.54, 1.807) is 6.07 Å². The molecule has 2 saturated heterocycles. The van der Waals surface area contributed by atoms with Gasteiger partial charge in [0.1, 0.15) is 17.1 Å². The van der Waals surface area contributed by atoms with Crippen molar-refractivity contribution in [1.29, 1.82) is 0 Å². The quantitative estimate of drug-likeness (QED) is 0.174. The lowest BCUT2D eigenvalue weighted by molar-refractivity contribution is -0.132. The van der Waals surface area contributed by atoms with Crippen molar-refractivity contribution in [2.24, 2.45) is 11.8 Å². The zero-order valence-electron chi connectivity index (χ0n) is 20.5. The van der Waals surface area contributed by atoms with E-state index in [4.69, 9.17) is 4.74 Å². The molecule has 4 N–H and O–H groups in total. The molecule has 11 heteroatoms. The number of carbonyl (C=O) groups excluding carboxylic acids is 4. The Balaban J connectivity index is 1.45. The van der Waals surface area contributed by atoms with E-state index in [0.29, 0.717) is 11.3 Å². The van der Waals surface area contributed by atoms with Gasteiger partial charge < -0.3 is 20.3 Å². The highest BCUT2D eigenvalue weighted by Gasteiger charge is 2.70. The number of aromatic hydroxyl groups is 2. The van der Waals surface area contributed by atoms with Gasteiger partial charge in [-0.05, 0) is 66.6 Å². The molecule has 39 heavy (non-hydrogen) atoms. The summed E-state index contributed by atoms with van der Waals surface area (Å²) in [5, 5.41) is 25.6. The number of hydrogen-bond acceptors (Lipinski definition) is 8. The fraction of sp³-hybridized carbons (Fsp3) is 0.214. The third-order valence-corrected chi connectivity index (χ3v) is 7.53. The van der Waals surface area contributed by atoms with Crippen molar-refractivity contribution in [3.8, 4) is 17.2 Å². The molecule has 0 saturated carbocycles. The van der Waals surface area contributed by atoms with E-state index in [0.717, 1.165) is 4.90 Å². The van der Waals surface area contributed by atoms with Gasteiger partial charge in [-0.3, -0.25) is 24.5 Å². The van der Waals surface area contributed by atoms with Crippen molar-refractivity contribution in [3.63, 3.8) is 0 Å². The molecule has 2 fully saturated rings. The SMILES string of the molecule is CC(=O)Oc1ccc(N2C(=O)[C@H]3[C@@H](C2=O)[C@@]2(N[C@@H]3Cc3ccc(O)c(O)c3)C(=O)Nc3ccc(F)cc32)cc1. The van der Waals surface area contributed by atoms with Crippen LogP contribution in [0.2, 0.25) is 0 Å². The number of imide groups is 1. The van der Waals surface area contributed by atoms with Gasteiger partial charge in [0.15, 0.2) is 11.5 Å². The van der Waals surface area contributed by atoms with Crippen LogP contribution >= 0.6 is 0 Å². The number of amides is 3. The maximum absolute atomic E-state index is 14.4. The number of carbonyl (C=O) groups is 4. The summed E-state index contributed by atoms with van der Waals surface area (Å²) < 4.78 is 19.5. The first kappa shape index (κ1) is 24.6. The number of rotatable bonds is 4. The summed E-state index contributed by atoms with van der Waals surface area (Å²) >= 11 is 0. The number of hydrogen-bond donors (Lipinski definition) is 4. The Bertz CT molecular complexity index is 1570. The molecule has 4 atom stereocenters. The van der Waals surface area contributed by atoms with E-state index in [2.05, 4.69) is 10.6 Å². The van der Waals surface area contributed by atoms with Gasteiger partial charge in [0.05, 0.1) is 17.5 Å². The van der Waals surface area contributed by atoms with Crippen LogP contribution in [0.1, 0.15) is 18.1 Å². The second-order valence-electron chi connectivity index (χ2n) is 9.83. The average Bonchev–Trinajstić information content (AvgIpc) is 3.46. The van der Waals surface area contributed by atoms with Crippen LogP contribution < -0.4 is 20.3 Å². The van der Waals surface area contributed by atoms with Crippen LogP contribution in [0.4, 0.5) is 15.8 Å². The molecule has 3 heterocycles. The molecule has 0 radical (unpaired) electrons. The first-order valence-electron chi connectivity index (χ1n) is 12.2. The highest BCUT2D eigenvalue weighted by molar-refractivity contribution is 6.25. The third kappa shape index (κ3) is 3.65. The lowest BCUT2D eigenvalue weighted by Gasteiger charge is -2.29. The molecule has 1 spiro atoms. The molecule has 0 unspecified atom stereocenters. The first-order valence-corrected chi connectivity index (χ1v) is 12.2. The maximum Gasteiger partial charge on any atom is 0.308 e. The first-order chi connectivity index (χ1) is 18.6. The van der Waals surface area contributed by atoms with Crippen LogP contribution in [0.15, 0.2) is 60.7 Å². The monoisotopic (exact) mass is 531 g/mol. The van der Waals surface area contributed by atoms with Crippen LogP contribution in [0.3, 0.4) is 0 Å². The normalized spacial score (nSPS) is 25.1. The van der Waals surface area contributed by atoms with Crippen molar-refractivity contribution in [2.75, 3.05) is 10.2 Å². The number of phenolic OH excluding ortho intramolecular Hbond substituents is 2. The average molecular weight is 531 g/mol. The largest absolute Gasteiger partial charge is 0.504 e. The molecule has 3 aliphatic heterocycles. The van der Waals surface area contributed by atoms with Crippen molar-refractivity contribution in [2.45, 2.75) is 24.9 Å². The highest BCUT2D eigenvalue weighted by atomic mass is 19.1. The standard InChI is InChI=1S/C28H22FN3O7/c1-13(33)39-17-6-4-16(5-7-17)32-25(36)23-20(10-14-2-9-21(34)22(35)11-14)31-28(24(23)26(32)37)18-12-15(29)3-8-19(18)30-27(28)38/h2-9,11-12,20,23-24,31,34-35H,10H2,1H3,(H,30,38)/t20-,23-,24+,28-/m1/s1. The van der Waals surface area contributed by atoms with Gasteiger partial charge in [-0.25, -0.2) is 9.29 Å². The molecular formula is C28H22FN3O7. The number of esters is 1. The second kappa shape index (κ2) is 8.63. The van der Waals surface area contributed by atoms with E-state index in [9.17, 15) is 33.8 Å². The Kier molecular flexibility index (Phi) is 5.44. The van der Waals surface area contributed by atoms with Crippen LogP contribution in [0.5, 0.6) is 17.2 Å². The molecular weight excluding hydrogens is 509 g/mol. The van der Waals surface area contributed by atoms with Crippen molar-refractivity contribution in [3.05, 3.63) is 77.6 Å². The smallest absolute Gasteiger partial charge is 0.308 e. The van der Waals surface area contributed by atoms with E-state index < -0.39 is 52.9 Å². The third-order valence-electron chi connectivity index (χ3n) is 7.53. The Morgan fingerprint density at radius 3 is 2.44 bits per heavy atom. The molecule has 198 valence electrons. The Morgan fingerprint density at radius 1 is 1.00 bits per heavy atom. The van der Waals surface area contributed by atoms with Crippen LogP contribution in [-0.2, 0) is 31.1 Å². The van der Waals surface area contributed by atoms with E-state index >= 15 is 0 Å². The summed E-state index contributed by atoms with van der Waals surface area (Å²) in [5.74, 6) is -5.56. The van der Waals surface area contributed by atoms with Crippen molar-refractivity contribution < 1.29 is 38.5 Å². The number of phenols is 2. The van der Waals surface area contributed by atoms with Crippen LogP contribution in [0.25, 0.3) is 0 Å². The topological polar surface area (TPSA) is 145 Å². The number of ether oxygens (including phenoxy) is 1. The van der Waals surface area contributed by atoms with Crippen molar-refractivity contribution in [1.82, 2.24) is 5.32 Å². The van der Waals surface area contributed by atoms with Crippen LogP contribution in [0, 0.1) is 17.7 Å². The predicted molar refractivity (Wildman–Crippen MR) is 134 cm³/mol. The van der Waals surface area contributed by atoms with E-state index in [-0.39, 0.29) is 34.9 Å². The summed E-state index contributed by atoms with van der Waals surface area (Å²) in [7, 11) is 0. The highest BCUT2D eigenvalue weighted by Crippen LogP contribution is 2.54. The lowest BCUT2D eigenvalue weighted by Crippen LogP contribution is -2.53.